The third-order valence-corrected chi connectivity index (χ3v) is 16.3. The van der Waals surface area contributed by atoms with Crippen LogP contribution < -0.4 is 5.32 Å². The van der Waals surface area contributed by atoms with Crippen LogP contribution in [0.2, 0.25) is 0 Å². The van der Waals surface area contributed by atoms with Crippen molar-refractivity contribution in [3.63, 3.8) is 0 Å². The maximum atomic E-state index is 13.5. The van der Waals surface area contributed by atoms with Gasteiger partial charge in [0.05, 0.1) is 25.4 Å². The summed E-state index contributed by atoms with van der Waals surface area (Å²) in [6.07, 6.45) is 70.4. The molecule has 0 saturated carbocycles. The van der Waals surface area contributed by atoms with Crippen molar-refractivity contribution in [2.45, 2.75) is 359 Å². The largest absolute Gasteiger partial charge is 0.454 e. The number of carbonyl (C=O) groups is 2. The molecule has 0 aromatic rings. The number of hydrogen-bond donors (Lipinski definition) is 6. The fraction of sp³-hybridized carbons (Fsp3) is 0.784. The Balaban J connectivity index is 2.61. The highest BCUT2D eigenvalue weighted by Crippen LogP contribution is 2.26. The van der Waals surface area contributed by atoms with Crippen molar-refractivity contribution in [2.75, 3.05) is 13.2 Å². The smallest absolute Gasteiger partial charge is 0.306 e. The minimum atomic E-state index is -1.62. The van der Waals surface area contributed by atoms with Crippen LogP contribution in [-0.2, 0) is 23.8 Å². The molecule has 0 bridgehead atoms. The van der Waals surface area contributed by atoms with Crippen molar-refractivity contribution in [3.05, 3.63) is 85.1 Å². The molecule has 492 valence electrons. The fourth-order valence-electron chi connectivity index (χ4n) is 10.8. The van der Waals surface area contributed by atoms with E-state index in [2.05, 4.69) is 99.0 Å². The van der Waals surface area contributed by atoms with Gasteiger partial charge in [0.2, 0.25) is 5.91 Å². The monoisotopic (exact) mass is 1190 g/mol. The molecule has 6 N–H and O–H groups in total. The van der Waals surface area contributed by atoms with E-state index in [-0.39, 0.29) is 19.4 Å². The van der Waals surface area contributed by atoms with E-state index in [0.29, 0.717) is 12.8 Å². The van der Waals surface area contributed by atoms with Gasteiger partial charge in [0.15, 0.2) is 12.4 Å². The highest BCUT2D eigenvalue weighted by atomic mass is 16.7. The summed E-state index contributed by atoms with van der Waals surface area (Å²) >= 11 is 0. The lowest BCUT2D eigenvalue weighted by molar-refractivity contribution is -0.305. The average molecular weight is 1190 g/mol. The van der Waals surface area contributed by atoms with Crippen LogP contribution in [0, 0.1) is 0 Å². The minimum absolute atomic E-state index is 0.124. The van der Waals surface area contributed by atoms with E-state index in [0.717, 1.165) is 116 Å². The zero-order valence-electron chi connectivity index (χ0n) is 54.7. The van der Waals surface area contributed by atoms with Gasteiger partial charge in [-0.15, -0.1) is 0 Å². The molecule has 1 fully saturated rings. The molecule has 1 saturated heterocycles. The first-order valence-corrected chi connectivity index (χ1v) is 35.4. The zero-order valence-corrected chi connectivity index (χ0v) is 54.7. The van der Waals surface area contributed by atoms with Crippen molar-refractivity contribution in [1.29, 1.82) is 0 Å². The normalized spacial score (nSPS) is 18.9. The number of hydrogen-bond acceptors (Lipinski definition) is 10. The highest BCUT2D eigenvalue weighted by molar-refractivity contribution is 5.80. The summed E-state index contributed by atoms with van der Waals surface area (Å²) in [4.78, 5) is 26.7. The van der Waals surface area contributed by atoms with Crippen LogP contribution in [0.5, 0.6) is 0 Å². The van der Waals surface area contributed by atoms with Crippen LogP contribution in [0.3, 0.4) is 0 Å². The molecule has 1 rings (SSSR count). The highest BCUT2D eigenvalue weighted by Gasteiger charge is 2.47. The molecule has 0 aliphatic carbocycles. The summed E-state index contributed by atoms with van der Waals surface area (Å²) in [7, 11) is 0. The molecule has 0 aromatic heterocycles. The van der Waals surface area contributed by atoms with Crippen LogP contribution in [0.15, 0.2) is 85.1 Å². The molecular formula is C74H131NO10. The van der Waals surface area contributed by atoms with Gasteiger partial charge in [-0.25, -0.2) is 0 Å². The van der Waals surface area contributed by atoms with E-state index in [4.69, 9.17) is 14.2 Å². The number of aliphatic hydroxyl groups is 5. The minimum Gasteiger partial charge on any atom is -0.454 e. The lowest BCUT2D eigenvalue weighted by atomic mass is 9.99. The second kappa shape index (κ2) is 61.1. The van der Waals surface area contributed by atoms with Crippen molar-refractivity contribution < 1.29 is 49.3 Å². The van der Waals surface area contributed by atoms with Crippen LogP contribution in [0.25, 0.3) is 0 Å². The number of unbranched alkanes of at least 4 members (excludes halogenated alkanes) is 34. The molecule has 1 amide bonds. The quantitative estimate of drug-likeness (QED) is 0.0195. The number of allylic oxidation sites excluding steroid dienone is 13. The maximum Gasteiger partial charge on any atom is 0.306 e. The number of ether oxygens (including phenoxy) is 3. The molecule has 0 radical (unpaired) electrons. The molecule has 1 heterocycles. The predicted molar refractivity (Wildman–Crippen MR) is 356 cm³/mol. The Bertz CT molecular complexity index is 1710. The number of carbonyl (C=O) groups excluding carboxylic acids is 2. The molecule has 8 unspecified atom stereocenters. The zero-order chi connectivity index (χ0) is 61.7. The van der Waals surface area contributed by atoms with Gasteiger partial charge in [0.25, 0.3) is 0 Å². The van der Waals surface area contributed by atoms with Gasteiger partial charge in [0, 0.05) is 6.42 Å². The Morgan fingerprint density at radius 3 is 1.27 bits per heavy atom. The molecule has 11 nitrogen and oxygen atoms in total. The van der Waals surface area contributed by atoms with E-state index >= 15 is 0 Å². The standard InChI is InChI=1S/C74H131NO10/c1-4-7-10-13-16-19-22-25-27-29-30-31-32-33-34-35-36-37-39-40-43-46-49-52-55-58-61-67(78)73(82)75-65(66(77)60-57-54-51-48-45-42-24-21-18-15-12-9-6-3)64-83-74-72(71(81)70(80)68(63-76)84-74)85-69(79)62-59-56-53-50-47-44-41-38-28-26-23-20-17-14-11-8-5-2/h7,10,16,19,25,27,30-31,33-34,36-37,57,60,65-68,70-72,74,76-78,80-81H,4-6,8-9,11-15,17-18,20-24,26,28-29,32,35,38-56,58-59,61-64H2,1-3H3,(H,75,82)/b10-7-,19-16-,27-25-,31-30-,34-33-,37-36-,60-57+. The summed E-state index contributed by atoms with van der Waals surface area (Å²) in [6, 6.07) is -1.03. The number of aliphatic hydroxyl groups excluding tert-OH is 5. The van der Waals surface area contributed by atoms with E-state index in [1.165, 1.54) is 148 Å². The SMILES string of the molecule is CC/C=C\C/C=C\C/C=C\C/C=C\C/C=C\C/C=C\CCCCCCCCCC(O)C(=O)NC(COC1OC(CO)C(O)C(O)C1OC(=O)CCCCCCCCCCCCCCCCCCC)C(O)/C=C/CCCCCCCCCCCCC. The summed E-state index contributed by atoms with van der Waals surface area (Å²) < 4.78 is 17.7. The Kier molecular flexibility index (Phi) is 57.4. The Labute approximate surface area is 521 Å². The van der Waals surface area contributed by atoms with E-state index in [1.807, 2.05) is 6.08 Å². The molecular weight excluding hydrogens is 1060 g/mol. The molecule has 0 aromatic carbocycles. The first kappa shape index (κ1) is 79.9. The van der Waals surface area contributed by atoms with Gasteiger partial charge in [0.1, 0.15) is 24.4 Å². The van der Waals surface area contributed by atoms with Gasteiger partial charge < -0.3 is 45.1 Å². The molecule has 8 atom stereocenters. The Hall–Kier alpha value is -3.16. The van der Waals surface area contributed by atoms with Crippen molar-refractivity contribution >= 4 is 11.9 Å². The van der Waals surface area contributed by atoms with Crippen LogP contribution in [0.1, 0.15) is 310 Å². The van der Waals surface area contributed by atoms with E-state index < -0.39 is 67.4 Å². The van der Waals surface area contributed by atoms with Gasteiger partial charge in [-0.05, 0) is 77.0 Å². The summed E-state index contributed by atoms with van der Waals surface area (Å²) in [5.74, 6) is -1.20. The van der Waals surface area contributed by atoms with Crippen molar-refractivity contribution in [2.24, 2.45) is 0 Å². The van der Waals surface area contributed by atoms with Crippen molar-refractivity contribution in [3.8, 4) is 0 Å². The summed E-state index contributed by atoms with van der Waals surface area (Å²) in [5.41, 5.74) is 0. The number of amides is 1. The third kappa shape index (κ3) is 48.4. The van der Waals surface area contributed by atoms with E-state index in [9.17, 15) is 35.1 Å². The molecule has 85 heavy (non-hydrogen) atoms. The number of esters is 1. The van der Waals surface area contributed by atoms with Crippen LogP contribution in [-0.4, -0.2) is 99.6 Å². The van der Waals surface area contributed by atoms with Gasteiger partial charge >= 0.3 is 5.97 Å². The van der Waals surface area contributed by atoms with Gasteiger partial charge in [-0.3, -0.25) is 9.59 Å². The lowest BCUT2D eigenvalue weighted by Crippen LogP contribution is -2.61. The third-order valence-electron chi connectivity index (χ3n) is 16.3. The molecule has 11 heteroatoms. The van der Waals surface area contributed by atoms with E-state index in [1.54, 1.807) is 6.08 Å². The Morgan fingerprint density at radius 1 is 0.471 bits per heavy atom. The second-order valence-electron chi connectivity index (χ2n) is 24.2. The fourth-order valence-corrected chi connectivity index (χ4v) is 10.8. The molecule has 0 spiro atoms. The molecule has 1 aliphatic rings. The first-order chi connectivity index (χ1) is 41.7. The number of rotatable bonds is 60. The van der Waals surface area contributed by atoms with Crippen molar-refractivity contribution in [1.82, 2.24) is 5.32 Å². The number of nitrogens with one attached hydrogen (secondary N) is 1. The Morgan fingerprint density at radius 2 is 0.847 bits per heavy atom. The summed E-state index contributed by atoms with van der Waals surface area (Å²) in [5, 5.41) is 57.2. The van der Waals surface area contributed by atoms with Crippen LogP contribution in [0.4, 0.5) is 0 Å². The van der Waals surface area contributed by atoms with Crippen LogP contribution >= 0.6 is 0 Å². The predicted octanol–water partition coefficient (Wildman–Crippen LogP) is 18.1. The lowest BCUT2D eigenvalue weighted by Gasteiger charge is -2.41. The summed E-state index contributed by atoms with van der Waals surface area (Å²) in [6.45, 7) is 5.71. The second-order valence-corrected chi connectivity index (χ2v) is 24.2. The topological polar surface area (TPSA) is 175 Å². The first-order valence-electron chi connectivity index (χ1n) is 35.4. The van der Waals surface area contributed by atoms with Gasteiger partial charge in [-0.1, -0.05) is 311 Å². The average Bonchev–Trinajstić information content (AvgIpc) is 3.22. The maximum absolute atomic E-state index is 13.5. The molecule has 1 aliphatic heterocycles. The van der Waals surface area contributed by atoms with Gasteiger partial charge in [-0.2, -0.15) is 0 Å².